The fourth-order valence-electron chi connectivity index (χ4n) is 3.32. The zero-order valence-corrected chi connectivity index (χ0v) is 12.7. The Balaban J connectivity index is 1.40. The Morgan fingerprint density at radius 2 is 1.82 bits per heavy atom. The normalized spacial score (nSPS) is 25.5. The van der Waals surface area contributed by atoms with Crippen molar-refractivity contribution in [1.82, 2.24) is 4.90 Å². The maximum absolute atomic E-state index is 12.0. The Morgan fingerprint density at radius 1 is 1.14 bits per heavy atom. The molecule has 2 atom stereocenters. The number of carbonyl (C=O) groups excluding carboxylic acids is 2. The van der Waals surface area contributed by atoms with E-state index in [1.807, 2.05) is 37.3 Å². The Labute approximate surface area is 130 Å². The van der Waals surface area contributed by atoms with Gasteiger partial charge in [-0.05, 0) is 30.2 Å². The molecule has 0 bridgehead atoms. The lowest BCUT2D eigenvalue weighted by molar-refractivity contribution is -0.143. The number of carbonyl (C=O) groups is 2. The number of hydrogen-bond acceptors (Lipinski definition) is 4. The molecule has 2 fully saturated rings. The lowest BCUT2D eigenvalue weighted by Crippen LogP contribution is -2.32. The first-order valence-corrected chi connectivity index (χ1v) is 7.80. The van der Waals surface area contributed by atoms with Crippen LogP contribution >= 0.6 is 0 Å². The van der Waals surface area contributed by atoms with Crippen molar-refractivity contribution < 1.29 is 19.1 Å². The van der Waals surface area contributed by atoms with Crippen LogP contribution < -0.4 is 0 Å². The van der Waals surface area contributed by atoms with E-state index in [4.69, 9.17) is 9.47 Å². The number of esters is 1. The van der Waals surface area contributed by atoms with E-state index in [1.165, 1.54) is 0 Å². The first-order chi connectivity index (χ1) is 10.7. The molecule has 3 rings (SSSR count). The SMILES string of the molecule is CCOC(=O)CC1C2CN(C(=O)OCc3ccccc3)CC12. The van der Waals surface area contributed by atoms with Gasteiger partial charge in [0.25, 0.3) is 0 Å². The molecule has 1 saturated heterocycles. The van der Waals surface area contributed by atoms with Crippen molar-refractivity contribution in [2.24, 2.45) is 17.8 Å². The van der Waals surface area contributed by atoms with E-state index in [9.17, 15) is 9.59 Å². The van der Waals surface area contributed by atoms with Gasteiger partial charge in [-0.3, -0.25) is 4.79 Å². The van der Waals surface area contributed by atoms with Crippen LogP contribution in [0.5, 0.6) is 0 Å². The molecule has 1 aliphatic carbocycles. The highest BCUT2D eigenvalue weighted by atomic mass is 16.6. The van der Waals surface area contributed by atoms with E-state index >= 15 is 0 Å². The topological polar surface area (TPSA) is 55.8 Å². The largest absolute Gasteiger partial charge is 0.466 e. The number of rotatable bonds is 5. The summed E-state index contributed by atoms with van der Waals surface area (Å²) in [7, 11) is 0. The Kier molecular flexibility index (Phi) is 4.32. The summed E-state index contributed by atoms with van der Waals surface area (Å²) in [5.74, 6) is 1.14. The van der Waals surface area contributed by atoms with Crippen LogP contribution in [0.2, 0.25) is 0 Å². The van der Waals surface area contributed by atoms with Gasteiger partial charge in [0.05, 0.1) is 6.61 Å². The summed E-state index contributed by atoms with van der Waals surface area (Å²) in [6.45, 7) is 3.94. The van der Waals surface area contributed by atoms with Gasteiger partial charge in [0.2, 0.25) is 0 Å². The highest BCUT2D eigenvalue weighted by molar-refractivity contribution is 5.71. The van der Waals surface area contributed by atoms with E-state index in [0.717, 1.165) is 5.56 Å². The Hall–Kier alpha value is -2.04. The second-order valence-electron chi connectivity index (χ2n) is 5.95. The first-order valence-electron chi connectivity index (χ1n) is 7.80. The molecule has 1 amide bonds. The van der Waals surface area contributed by atoms with E-state index in [0.29, 0.717) is 50.5 Å². The molecule has 0 N–H and O–H groups in total. The van der Waals surface area contributed by atoms with E-state index in [2.05, 4.69) is 0 Å². The molecule has 5 nitrogen and oxygen atoms in total. The summed E-state index contributed by atoms with van der Waals surface area (Å²) in [4.78, 5) is 25.3. The van der Waals surface area contributed by atoms with Crippen LogP contribution in [-0.2, 0) is 20.9 Å². The molecule has 2 aliphatic rings. The molecule has 2 unspecified atom stereocenters. The van der Waals surface area contributed by atoms with Crippen LogP contribution in [0.1, 0.15) is 18.9 Å². The quantitative estimate of drug-likeness (QED) is 0.784. The van der Waals surface area contributed by atoms with Crippen molar-refractivity contribution in [3.8, 4) is 0 Å². The van der Waals surface area contributed by atoms with Gasteiger partial charge in [-0.15, -0.1) is 0 Å². The minimum atomic E-state index is -0.258. The summed E-state index contributed by atoms with van der Waals surface area (Å²) in [6.07, 6.45) is 0.224. The van der Waals surface area contributed by atoms with Gasteiger partial charge in [-0.1, -0.05) is 30.3 Å². The monoisotopic (exact) mass is 303 g/mol. The first kappa shape index (κ1) is 14.9. The molecule has 1 saturated carbocycles. The van der Waals surface area contributed by atoms with Gasteiger partial charge in [0, 0.05) is 19.5 Å². The van der Waals surface area contributed by atoms with Crippen molar-refractivity contribution >= 4 is 12.1 Å². The van der Waals surface area contributed by atoms with Crippen molar-refractivity contribution in [1.29, 1.82) is 0 Å². The molecule has 0 spiro atoms. The molecule has 0 radical (unpaired) electrons. The van der Waals surface area contributed by atoms with E-state index in [1.54, 1.807) is 4.90 Å². The summed E-state index contributed by atoms with van der Waals surface area (Å²) in [6, 6.07) is 9.65. The Bertz CT molecular complexity index is 533. The van der Waals surface area contributed by atoms with Crippen LogP contribution in [0.15, 0.2) is 30.3 Å². The molecule has 118 valence electrons. The molecule has 1 aliphatic heterocycles. The Morgan fingerprint density at radius 3 is 2.45 bits per heavy atom. The maximum atomic E-state index is 12.0. The zero-order chi connectivity index (χ0) is 15.5. The number of amides is 1. The van der Waals surface area contributed by atoms with E-state index in [-0.39, 0.29) is 12.1 Å². The van der Waals surface area contributed by atoms with Crippen molar-refractivity contribution in [3.05, 3.63) is 35.9 Å². The third-order valence-corrected chi connectivity index (χ3v) is 4.54. The second-order valence-corrected chi connectivity index (χ2v) is 5.95. The highest BCUT2D eigenvalue weighted by Crippen LogP contribution is 2.53. The predicted octanol–water partition coefficient (Wildman–Crippen LogP) is 2.45. The maximum Gasteiger partial charge on any atom is 0.410 e. The molecule has 1 aromatic carbocycles. The molecule has 5 heteroatoms. The van der Waals surface area contributed by atoms with Gasteiger partial charge in [-0.2, -0.15) is 0 Å². The van der Waals surface area contributed by atoms with Crippen LogP contribution in [-0.4, -0.2) is 36.7 Å². The summed E-state index contributed by atoms with van der Waals surface area (Å²) in [5, 5.41) is 0. The van der Waals surface area contributed by atoms with Gasteiger partial charge in [-0.25, -0.2) is 4.79 Å². The molecular formula is C17H21NO4. The van der Waals surface area contributed by atoms with Crippen LogP contribution in [0.3, 0.4) is 0 Å². The van der Waals surface area contributed by atoms with Crippen LogP contribution in [0, 0.1) is 17.8 Å². The van der Waals surface area contributed by atoms with Gasteiger partial charge in [0.15, 0.2) is 0 Å². The minimum absolute atomic E-state index is 0.125. The van der Waals surface area contributed by atoms with Crippen molar-refractivity contribution in [2.45, 2.75) is 20.0 Å². The molecule has 1 heterocycles. The zero-order valence-electron chi connectivity index (χ0n) is 12.7. The fraction of sp³-hybridized carbons (Fsp3) is 0.529. The number of hydrogen-bond donors (Lipinski definition) is 0. The lowest BCUT2D eigenvalue weighted by atomic mass is 10.2. The third kappa shape index (κ3) is 3.24. The number of fused-ring (bicyclic) bond motifs is 1. The van der Waals surface area contributed by atoms with Gasteiger partial charge in [0.1, 0.15) is 6.61 Å². The molecule has 1 aromatic rings. The number of likely N-dealkylation sites (tertiary alicyclic amines) is 1. The van der Waals surface area contributed by atoms with Crippen molar-refractivity contribution in [2.75, 3.05) is 19.7 Å². The average molecular weight is 303 g/mol. The summed E-state index contributed by atoms with van der Waals surface area (Å²) < 4.78 is 10.3. The summed E-state index contributed by atoms with van der Waals surface area (Å²) in [5.41, 5.74) is 0.986. The second kappa shape index (κ2) is 6.38. The smallest absolute Gasteiger partial charge is 0.410 e. The van der Waals surface area contributed by atoms with Gasteiger partial charge >= 0.3 is 12.1 Å². The minimum Gasteiger partial charge on any atom is -0.466 e. The van der Waals surface area contributed by atoms with Gasteiger partial charge < -0.3 is 14.4 Å². The summed E-state index contributed by atoms with van der Waals surface area (Å²) >= 11 is 0. The highest BCUT2D eigenvalue weighted by Gasteiger charge is 2.57. The van der Waals surface area contributed by atoms with Crippen molar-refractivity contribution in [3.63, 3.8) is 0 Å². The number of piperidine rings is 1. The number of benzene rings is 1. The van der Waals surface area contributed by atoms with Crippen LogP contribution in [0.4, 0.5) is 4.79 Å². The third-order valence-electron chi connectivity index (χ3n) is 4.54. The number of ether oxygens (including phenoxy) is 2. The van der Waals surface area contributed by atoms with E-state index < -0.39 is 0 Å². The lowest BCUT2D eigenvalue weighted by Gasteiger charge is -2.19. The fourth-order valence-corrected chi connectivity index (χ4v) is 3.32. The predicted molar refractivity (Wildman–Crippen MR) is 79.9 cm³/mol. The standard InChI is InChI=1S/C17H21NO4/c1-2-21-16(19)8-13-14-9-18(10-15(13)14)17(20)22-11-12-6-4-3-5-7-12/h3-7,13-15H,2,8-11H2,1H3. The number of nitrogens with zero attached hydrogens (tertiary/aromatic N) is 1. The van der Waals surface area contributed by atoms with Crippen LogP contribution in [0.25, 0.3) is 0 Å². The molecule has 0 aromatic heterocycles. The molecular weight excluding hydrogens is 282 g/mol. The molecule has 22 heavy (non-hydrogen) atoms. The average Bonchev–Trinajstić information content (AvgIpc) is 2.97.